The van der Waals surface area contributed by atoms with Gasteiger partial charge in [0.1, 0.15) is 0 Å². The minimum atomic E-state index is -1.91. The van der Waals surface area contributed by atoms with E-state index in [2.05, 4.69) is 39.2 Å². The first kappa shape index (κ1) is 17.2. The summed E-state index contributed by atoms with van der Waals surface area (Å²) in [5, 5.41) is 2.80. The van der Waals surface area contributed by atoms with Crippen LogP contribution in [0.2, 0.25) is 18.1 Å². The van der Waals surface area contributed by atoms with Crippen LogP contribution in [-0.4, -0.2) is 32.5 Å². The third-order valence-electron chi connectivity index (χ3n) is 4.27. The Morgan fingerprint density at radius 2 is 1.95 bits per heavy atom. The van der Waals surface area contributed by atoms with Crippen LogP contribution < -0.4 is 5.32 Å². The Bertz CT molecular complexity index is 389. The van der Waals surface area contributed by atoms with Crippen molar-refractivity contribution in [3.63, 3.8) is 0 Å². The quantitative estimate of drug-likeness (QED) is 0.640. The molecule has 0 radical (unpaired) electrons. The SMILES string of the molecule is CC(=O)OC1C[C@@H]([C@@H](C)O[Si](C)(C)C(C)(C)C)C(=O)N1. The molecule has 0 bridgehead atoms. The molecule has 1 aliphatic heterocycles. The molecule has 0 spiro atoms. The van der Waals surface area contributed by atoms with Crippen molar-refractivity contribution in [3.8, 4) is 0 Å². The lowest BCUT2D eigenvalue weighted by Gasteiger charge is -2.39. The highest BCUT2D eigenvalue weighted by molar-refractivity contribution is 6.74. The molecule has 1 N–H and O–H groups in total. The van der Waals surface area contributed by atoms with E-state index in [1.807, 2.05) is 6.92 Å². The topological polar surface area (TPSA) is 64.6 Å². The molecule has 20 heavy (non-hydrogen) atoms. The van der Waals surface area contributed by atoms with Gasteiger partial charge in [-0.25, -0.2) is 0 Å². The number of amides is 1. The van der Waals surface area contributed by atoms with Crippen molar-refractivity contribution < 1.29 is 18.8 Å². The van der Waals surface area contributed by atoms with Crippen LogP contribution in [0.5, 0.6) is 0 Å². The van der Waals surface area contributed by atoms with Gasteiger partial charge in [0.05, 0.1) is 12.0 Å². The van der Waals surface area contributed by atoms with Gasteiger partial charge in [0.2, 0.25) is 5.91 Å². The largest absolute Gasteiger partial charge is 0.442 e. The highest BCUT2D eigenvalue weighted by atomic mass is 28.4. The summed E-state index contributed by atoms with van der Waals surface area (Å²) in [6.07, 6.45) is -0.208. The van der Waals surface area contributed by atoms with E-state index >= 15 is 0 Å². The highest BCUT2D eigenvalue weighted by Gasteiger charge is 2.43. The van der Waals surface area contributed by atoms with E-state index in [9.17, 15) is 9.59 Å². The fraction of sp³-hybridized carbons (Fsp3) is 0.857. The van der Waals surface area contributed by atoms with Gasteiger partial charge in [-0.2, -0.15) is 0 Å². The fourth-order valence-corrected chi connectivity index (χ4v) is 3.52. The van der Waals surface area contributed by atoms with Crippen LogP contribution in [0, 0.1) is 5.92 Å². The summed E-state index contributed by atoms with van der Waals surface area (Å²) in [6.45, 7) is 14.1. The Hall–Kier alpha value is -0.883. The Balaban J connectivity index is 2.67. The molecule has 1 aliphatic rings. The lowest BCUT2D eigenvalue weighted by Crippen LogP contribution is -2.45. The van der Waals surface area contributed by atoms with E-state index in [0.717, 1.165) is 0 Å². The Labute approximate surface area is 122 Å². The molecule has 1 fully saturated rings. The second-order valence-electron chi connectivity index (χ2n) is 7.03. The van der Waals surface area contributed by atoms with Gasteiger partial charge in [-0.3, -0.25) is 9.59 Å². The van der Waals surface area contributed by atoms with E-state index in [0.29, 0.717) is 6.42 Å². The van der Waals surface area contributed by atoms with Gasteiger partial charge in [-0.15, -0.1) is 0 Å². The van der Waals surface area contributed by atoms with Crippen LogP contribution in [0.1, 0.15) is 41.0 Å². The number of hydrogen-bond acceptors (Lipinski definition) is 4. The number of nitrogens with one attached hydrogen (secondary N) is 1. The van der Waals surface area contributed by atoms with E-state index < -0.39 is 14.5 Å². The van der Waals surface area contributed by atoms with Gasteiger partial charge < -0.3 is 14.5 Å². The molecule has 0 saturated carbocycles. The molecule has 3 atom stereocenters. The molecule has 1 saturated heterocycles. The van der Waals surface area contributed by atoms with Crippen LogP contribution >= 0.6 is 0 Å². The zero-order valence-corrected chi connectivity index (χ0v) is 14.6. The van der Waals surface area contributed by atoms with Crippen LogP contribution in [0.25, 0.3) is 0 Å². The summed E-state index contributed by atoms with van der Waals surface area (Å²) in [4.78, 5) is 22.9. The molecule has 116 valence electrons. The smallest absolute Gasteiger partial charge is 0.304 e. The third-order valence-corrected chi connectivity index (χ3v) is 8.84. The summed E-state index contributed by atoms with van der Waals surface area (Å²) >= 11 is 0. The van der Waals surface area contributed by atoms with Gasteiger partial charge in [0, 0.05) is 13.3 Å². The summed E-state index contributed by atoms with van der Waals surface area (Å²) in [5.41, 5.74) is 0. The van der Waals surface area contributed by atoms with Crippen molar-refractivity contribution in [1.82, 2.24) is 5.32 Å². The monoisotopic (exact) mass is 301 g/mol. The van der Waals surface area contributed by atoms with Crippen LogP contribution in [-0.2, 0) is 18.8 Å². The second kappa shape index (κ2) is 5.85. The van der Waals surface area contributed by atoms with Gasteiger partial charge in [0.25, 0.3) is 0 Å². The summed E-state index contributed by atoms with van der Waals surface area (Å²) < 4.78 is 11.3. The number of hydrogen-bond donors (Lipinski definition) is 1. The number of carbonyl (C=O) groups is 2. The number of esters is 1. The first-order chi connectivity index (χ1) is 8.94. The first-order valence-corrected chi connectivity index (χ1v) is 10.0. The lowest BCUT2D eigenvalue weighted by molar-refractivity contribution is -0.147. The predicted molar refractivity (Wildman–Crippen MR) is 79.5 cm³/mol. The Morgan fingerprint density at radius 3 is 2.40 bits per heavy atom. The van der Waals surface area contributed by atoms with Crippen molar-refractivity contribution in [2.45, 2.75) is 71.5 Å². The van der Waals surface area contributed by atoms with Gasteiger partial charge in [0.15, 0.2) is 14.5 Å². The van der Waals surface area contributed by atoms with Gasteiger partial charge in [-0.1, -0.05) is 20.8 Å². The predicted octanol–water partition coefficient (Wildman–Crippen LogP) is 2.42. The maximum Gasteiger partial charge on any atom is 0.304 e. The number of carbonyl (C=O) groups excluding carboxylic acids is 2. The molecule has 6 heteroatoms. The maximum atomic E-state index is 12.0. The van der Waals surface area contributed by atoms with Crippen LogP contribution in [0.15, 0.2) is 0 Å². The minimum absolute atomic E-state index is 0.0949. The molecule has 0 aromatic rings. The second-order valence-corrected chi connectivity index (χ2v) is 11.8. The maximum absolute atomic E-state index is 12.0. The van der Waals surface area contributed by atoms with Crippen LogP contribution in [0.3, 0.4) is 0 Å². The van der Waals surface area contributed by atoms with Crippen LogP contribution in [0.4, 0.5) is 0 Å². The summed E-state index contributed by atoms with van der Waals surface area (Å²) in [6, 6.07) is 0. The Morgan fingerprint density at radius 1 is 1.40 bits per heavy atom. The van der Waals surface area contributed by atoms with Crippen molar-refractivity contribution in [1.29, 1.82) is 0 Å². The van der Waals surface area contributed by atoms with Crippen molar-refractivity contribution in [2.24, 2.45) is 5.92 Å². The van der Waals surface area contributed by atoms with Gasteiger partial charge in [-0.05, 0) is 25.1 Å². The first-order valence-electron chi connectivity index (χ1n) is 7.09. The molecule has 5 nitrogen and oxygen atoms in total. The number of ether oxygens (including phenoxy) is 1. The molecule has 1 heterocycles. The highest BCUT2D eigenvalue weighted by Crippen LogP contribution is 2.38. The summed E-state index contributed by atoms with van der Waals surface area (Å²) in [5.74, 6) is -0.732. The average molecular weight is 301 g/mol. The van der Waals surface area contributed by atoms with Gasteiger partial charge >= 0.3 is 5.97 Å². The normalized spacial score (nSPS) is 25.2. The molecule has 1 unspecified atom stereocenters. The zero-order valence-electron chi connectivity index (χ0n) is 13.6. The van der Waals surface area contributed by atoms with Crippen molar-refractivity contribution in [3.05, 3.63) is 0 Å². The van der Waals surface area contributed by atoms with E-state index in [1.54, 1.807) is 0 Å². The molecule has 1 rings (SSSR count). The van der Waals surface area contributed by atoms with E-state index in [4.69, 9.17) is 9.16 Å². The fourth-order valence-electron chi connectivity index (χ4n) is 2.07. The standard InChI is InChI=1S/C14H27NO4Si/c1-9(19-20(6,7)14(3,4)5)11-8-12(15-13(11)17)18-10(2)16/h9,11-12H,8H2,1-7H3,(H,15,17)/t9-,11+,12?/m1/s1. The Kier molecular flexibility index (Phi) is 5.02. The summed E-state index contributed by atoms with van der Waals surface area (Å²) in [7, 11) is -1.91. The molecular formula is C14H27NO4Si. The van der Waals surface area contributed by atoms with E-state index in [-0.39, 0.29) is 28.9 Å². The van der Waals surface area contributed by atoms with E-state index in [1.165, 1.54) is 6.92 Å². The molecule has 1 amide bonds. The number of rotatable bonds is 4. The van der Waals surface area contributed by atoms with Crippen molar-refractivity contribution in [2.75, 3.05) is 0 Å². The average Bonchev–Trinajstić information content (AvgIpc) is 2.55. The third kappa shape index (κ3) is 4.05. The molecule has 0 aliphatic carbocycles. The molecule has 0 aromatic carbocycles. The lowest BCUT2D eigenvalue weighted by atomic mass is 10.0. The minimum Gasteiger partial charge on any atom is -0.442 e. The van der Waals surface area contributed by atoms with Crippen molar-refractivity contribution >= 4 is 20.2 Å². The molecular weight excluding hydrogens is 274 g/mol. The molecule has 0 aromatic heterocycles. The zero-order chi connectivity index (χ0) is 15.7.